The molecule has 2 aromatic heterocycles. The van der Waals surface area contributed by atoms with Crippen LogP contribution in [-0.4, -0.2) is 47.0 Å². The number of aryl methyl sites for hydroxylation is 1. The van der Waals surface area contributed by atoms with Crippen molar-refractivity contribution in [3.05, 3.63) is 107 Å². The molecule has 1 aliphatic rings. The van der Waals surface area contributed by atoms with Gasteiger partial charge < -0.3 is 20.1 Å². The van der Waals surface area contributed by atoms with Gasteiger partial charge in [0.1, 0.15) is 34.9 Å². The van der Waals surface area contributed by atoms with Crippen LogP contribution < -0.4 is 20.1 Å². The Hall–Kier alpha value is -4.79. The number of pyridine rings is 1. The molecule has 0 fully saturated rings. The van der Waals surface area contributed by atoms with Crippen molar-refractivity contribution in [1.29, 1.82) is 0 Å². The van der Waals surface area contributed by atoms with E-state index in [0.29, 0.717) is 17.2 Å². The van der Waals surface area contributed by atoms with Gasteiger partial charge in [-0.15, -0.1) is 0 Å². The summed E-state index contributed by atoms with van der Waals surface area (Å²) in [5, 5.41) is 5.94. The van der Waals surface area contributed by atoms with E-state index in [1.54, 1.807) is 48.8 Å². The second-order valence-electron chi connectivity index (χ2n) is 8.87. The zero-order valence-electron chi connectivity index (χ0n) is 21.0. The van der Waals surface area contributed by atoms with E-state index in [1.165, 1.54) is 26.1 Å². The molecule has 2 heterocycles. The van der Waals surface area contributed by atoms with Crippen LogP contribution in [0.4, 0.5) is 5.69 Å². The first-order valence-electron chi connectivity index (χ1n) is 12.2. The second kappa shape index (κ2) is 11.1. The highest BCUT2D eigenvalue weighted by Crippen LogP contribution is 2.37. The Bertz CT molecular complexity index is 1440. The van der Waals surface area contributed by atoms with Gasteiger partial charge in [-0.1, -0.05) is 36.4 Å². The predicted octanol–water partition coefficient (Wildman–Crippen LogP) is 4.02. The molecule has 5 rings (SSSR count). The van der Waals surface area contributed by atoms with Crippen molar-refractivity contribution in [3.63, 3.8) is 0 Å². The third-order valence-electron chi connectivity index (χ3n) is 6.65. The van der Waals surface area contributed by atoms with Crippen LogP contribution in [0.5, 0.6) is 11.5 Å². The number of aromatic nitrogens is 3. The molecule has 2 aromatic carbocycles. The summed E-state index contributed by atoms with van der Waals surface area (Å²) in [5.74, 6) is -0.0658. The molecule has 0 saturated carbocycles. The molecule has 2 N–H and O–H groups in total. The molecular weight excluding hydrogens is 482 g/mol. The number of hydrogen-bond acceptors (Lipinski definition) is 7. The Labute approximate surface area is 220 Å². The normalized spacial score (nSPS) is 16.2. The van der Waals surface area contributed by atoms with E-state index in [-0.39, 0.29) is 29.3 Å². The van der Waals surface area contributed by atoms with Gasteiger partial charge >= 0.3 is 0 Å². The van der Waals surface area contributed by atoms with Gasteiger partial charge in [-0.25, -0.2) is 15.0 Å². The molecular formula is C29H27N5O4. The number of ether oxygens (including phenoxy) is 2. The van der Waals surface area contributed by atoms with Crippen molar-refractivity contribution < 1.29 is 19.1 Å². The number of nitrogens with zero attached hydrogens (tertiary/aromatic N) is 3. The summed E-state index contributed by atoms with van der Waals surface area (Å²) in [5.41, 5.74) is 3.94. The lowest BCUT2D eigenvalue weighted by Crippen LogP contribution is -2.42. The van der Waals surface area contributed by atoms with E-state index in [9.17, 15) is 9.59 Å². The second-order valence-corrected chi connectivity index (χ2v) is 8.87. The number of rotatable bonds is 7. The topological polar surface area (TPSA) is 115 Å². The van der Waals surface area contributed by atoms with Gasteiger partial charge in [0.25, 0.3) is 11.8 Å². The summed E-state index contributed by atoms with van der Waals surface area (Å²) in [4.78, 5) is 39.2. The number of amides is 2. The maximum atomic E-state index is 13.4. The Morgan fingerprint density at radius 3 is 2.21 bits per heavy atom. The predicted molar refractivity (Wildman–Crippen MR) is 142 cm³/mol. The van der Waals surface area contributed by atoms with Crippen LogP contribution in [0.1, 0.15) is 50.0 Å². The molecule has 0 saturated heterocycles. The standard InChI is InChI=1S/C29H27N5O4/c1-37-24-11-6-12-25(38-2)27(24)34-29(36)23-10-5-9-22(32-23)28(35)33-21-14-13-18-7-3-4-8-20(18)26(21)19-15-30-17-31-16-19/h3-12,15-17,21,26H,13-14H2,1-2H3,(H,33,35)(H,34,36)/t21?,26-/m1/s1. The van der Waals surface area contributed by atoms with E-state index >= 15 is 0 Å². The fourth-order valence-corrected chi connectivity index (χ4v) is 4.88. The Morgan fingerprint density at radius 2 is 1.50 bits per heavy atom. The highest BCUT2D eigenvalue weighted by molar-refractivity contribution is 6.05. The van der Waals surface area contributed by atoms with Gasteiger partial charge in [0.05, 0.1) is 14.2 Å². The highest BCUT2D eigenvalue weighted by Gasteiger charge is 2.32. The van der Waals surface area contributed by atoms with Crippen LogP contribution in [0.25, 0.3) is 0 Å². The number of carbonyl (C=O) groups is 2. The van der Waals surface area contributed by atoms with E-state index in [2.05, 4.69) is 37.7 Å². The van der Waals surface area contributed by atoms with Crippen LogP contribution in [0, 0.1) is 0 Å². The lowest BCUT2D eigenvalue weighted by molar-refractivity contribution is 0.0924. The van der Waals surface area contributed by atoms with Crippen LogP contribution >= 0.6 is 0 Å². The summed E-state index contributed by atoms with van der Waals surface area (Å²) < 4.78 is 10.7. The molecule has 1 unspecified atom stereocenters. The average Bonchev–Trinajstić information content (AvgIpc) is 2.97. The minimum absolute atomic E-state index is 0.0904. The van der Waals surface area contributed by atoms with Gasteiger partial charge in [0.2, 0.25) is 0 Å². The monoisotopic (exact) mass is 509 g/mol. The van der Waals surface area contributed by atoms with E-state index in [1.807, 2.05) is 12.1 Å². The molecule has 38 heavy (non-hydrogen) atoms. The first-order valence-corrected chi connectivity index (χ1v) is 12.2. The van der Waals surface area contributed by atoms with Crippen molar-refractivity contribution in [2.75, 3.05) is 19.5 Å². The fraction of sp³-hybridized carbons (Fsp3) is 0.207. The smallest absolute Gasteiger partial charge is 0.274 e. The molecule has 1 aliphatic carbocycles. The number of benzene rings is 2. The summed E-state index contributed by atoms with van der Waals surface area (Å²) in [6.07, 6.45) is 6.65. The van der Waals surface area contributed by atoms with Crippen LogP contribution in [-0.2, 0) is 6.42 Å². The van der Waals surface area contributed by atoms with Crippen LogP contribution in [0.3, 0.4) is 0 Å². The SMILES string of the molecule is COc1cccc(OC)c1NC(=O)c1cccc(C(=O)NC2CCc3ccccc3[C@H]2c2cncnc2)n1. The van der Waals surface area contributed by atoms with Gasteiger partial charge in [0.15, 0.2) is 0 Å². The number of anilines is 1. The molecule has 0 spiro atoms. The van der Waals surface area contributed by atoms with E-state index < -0.39 is 5.91 Å². The first-order chi connectivity index (χ1) is 18.6. The number of methoxy groups -OCH3 is 2. The highest BCUT2D eigenvalue weighted by atomic mass is 16.5. The molecule has 2 atom stereocenters. The number of para-hydroxylation sites is 1. The molecule has 2 amide bonds. The molecule has 0 bridgehead atoms. The van der Waals surface area contributed by atoms with Crippen LogP contribution in [0.15, 0.2) is 79.4 Å². The largest absolute Gasteiger partial charge is 0.494 e. The van der Waals surface area contributed by atoms with Crippen molar-refractivity contribution in [3.8, 4) is 11.5 Å². The molecule has 9 heteroatoms. The van der Waals surface area contributed by atoms with Crippen molar-refractivity contribution in [1.82, 2.24) is 20.3 Å². The maximum absolute atomic E-state index is 13.4. The molecule has 192 valence electrons. The minimum Gasteiger partial charge on any atom is -0.494 e. The Morgan fingerprint density at radius 1 is 0.842 bits per heavy atom. The van der Waals surface area contributed by atoms with Crippen molar-refractivity contribution in [2.24, 2.45) is 0 Å². The summed E-state index contributed by atoms with van der Waals surface area (Å²) in [7, 11) is 3.01. The number of fused-ring (bicyclic) bond motifs is 1. The summed E-state index contributed by atoms with van der Waals surface area (Å²) in [6.45, 7) is 0. The Balaban J connectivity index is 1.38. The average molecular weight is 510 g/mol. The molecule has 9 nitrogen and oxygen atoms in total. The summed E-state index contributed by atoms with van der Waals surface area (Å²) >= 11 is 0. The third kappa shape index (κ3) is 5.04. The number of nitrogens with one attached hydrogen (secondary N) is 2. The molecule has 0 aliphatic heterocycles. The van der Waals surface area contributed by atoms with E-state index in [4.69, 9.17) is 9.47 Å². The maximum Gasteiger partial charge on any atom is 0.274 e. The fourth-order valence-electron chi connectivity index (χ4n) is 4.88. The summed E-state index contributed by atoms with van der Waals surface area (Å²) in [6, 6.07) is 18.0. The minimum atomic E-state index is -0.492. The quantitative estimate of drug-likeness (QED) is 0.387. The third-order valence-corrected chi connectivity index (χ3v) is 6.65. The van der Waals surface area contributed by atoms with Gasteiger partial charge in [-0.2, -0.15) is 0 Å². The zero-order chi connectivity index (χ0) is 26.5. The molecule has 4 aromatic rings. The lowest BCUT2D eigenvalue weighted by Gasteiger charge is -2.34. The zero-order valence-corrected chi connectivity index (χ0v) is 21.0. The molecule has 0 radical (unpaired) electrons. The van der Waals surface area contributed by atoms with E-state index in [0.717, 1.165) is 24.0 Å². The lowest BCUT2D eigenvalue weighted by atomic mass is 9.76. The first kappa shape index (κ1) is 24.9. The Kier molecular flexibility index (Phi) is 7.26. The van der Waals surface area contributed by atoms with Crippen molar-refractivity contribution in [2.45, 2.75) is 24.8 Å². The number of hydrogen-bond donors (Lipinski definition) is 2. The van der Waals surface area contributed by atoms with Crippen molar-refractivity contribution >= 4 is 17.5 Å². The number of carbonyl (C=O) groups excluding carboxylic acids is 2. The van der Waals surface area contributed by atoms with Gasteiger partial charge in [0, 0.05) is 24.4 Å². The van der Waals surface area contributed by atoms with Gasteiger partial charge in [-0.3, -0.25) is 9.59 Å². The van der Waals surface area contributed by atoms with Gasteiger partial charge in [-0.05, 0) is 53.8 Å². The van der Waals surface area contributed by atoms with Crippen LogP contribution in [0.2, 0.25) is 0 Å².